The van der Waals surface area contributed by atoms with Crippen LogP contribution in [0.5, 0.6) is 0 Å². The molecule has 2 rings (SSSR count). The van der Waals surface area contributed by atoms with Crippen LogP contribution >= 0.6 is 0 Å². The van der Waals surface area contributed by atoms with Crippen LogP contribution in [0.15, 0.2) is 18.2 Å². The highest BCUT2D eigenvalue weighted by molar-refractivity contribution is 5.64. The summed E-state index contributed by atoms with van der Waals surface area (Å²) >= 11 is 0. The molecule has 1 fully saturated rings. The molecule has 0 bridgehead atoms. The first-order chi connectivity index (χ1) is 9.38. The van der Waals surface area contributed by atoms with Gasteiger partial charge in [0.25, 0.3) is 5.69 Å². The van der Waals surface area contributed by atoms with E-state index < -0.39 is 11.0 Å². The summed E-state index contributed by atoms with van der Waals surface area (Å²) in [4.78, 5) is 12.6. The molecule has 2 N–H and O–H groups in total. The summed E-state index contributed by atoms with van der Waals surface area (Å²) in [6, 6.07) is 4.81. The van der Waals surface area contributed by atoms with Crippen LogP contribution in [0.25, 0.3) is 0 Å². The molecule has 0 spiro atoms. The topological polar surface area (TPSA) is 86.8 Å². The zero-order valence-corrected chi connectivity index (χ0v) is 11.7. The SMILES string of the molecule is CC(O)c1ccc(N(C)CC2CC(O)C2)c([N+](=O)[O-])c1. The van der Waals surface area contributed by atoms with Gasteiger partial charge in [-0.15, -0.1) is 0 Å². The molecule has 110 valence electrons. The summed E-state index contributed by atoms with van der Waals surface area (Å²) in [7, 11) is 1.81. The molecule has 0 radical (unpaired) electrons. The minimum atomic E-state index is -0.727. The van der Waals surface area contributed by atoms with Gasteiger partial charge in [-0.3, -0.25) is 10.1 Å². The summed E-state index contributed by atoms with van der Waals surface area (Å²) in [5.41, 5.74) is 1.08. The highest BCUT2D eigenvalue weighted by Crippen LogP contribution is 2.34. The molecule has 1 saturated carbocycles. The third kappa shape index (κ3) is 3.08. The Morgan fingerprint density at radius 2 is 2.15 bits per heavy atom. The summed E-state index contributed by atoms with van der Waals surface area (Å²) in [5, 5.41) is 30.0. The van der Waals surface area contributed by atoms with Crippen LogP contribution in [0, 0.1) is 16.0 Å². The van der Waals surface area contributed by atoms with E-state index >= 15 is 0 Å². The van der Waals surface area contributed by atoms with E-state index in [-0.39, 0.29) is 11.8 Å². The number of aliphatic hydroxyl groups excluding tert-OH is 2. The van der Waals surface area contributed by atoms with Gasteiger partial charge in [0.15, 0.2) is 0 Å². The van der Waals surface area contributed by atoms with Crippen molar-refractivity contribution in [2.24, 2.45) is 5.92 Å². The van der Waals surface area contributed by atoms with E-state index in [0.29, 0.717) is 23.7 Å². The number of benzene rings is 1. The third-order valence-corrected chi connectivity index (χ3v) is 3.83. The lowest BCUT2D eigenvalue weighted by Crippen LogP contribution is -2.37. The lowest BCUT2D eigenvalue weighted by Gasteiger charge is -2.35. The first-order valence-electron chi connectivity index (χ1n) is 6.74. The summed E-state index contributed by atoms with van der Waals surface area (Å²) in [6.45, 7) is 2.27. The normalized spacial score (nSPS) is 23.0. The average Bonchev–Trinajstić information content (AvgIpc) is 2.35. The monoisotopic (exact) mass is 280 g/mol. The minimum absolute atomic E-state index is 0.00534. The predicted octanol–water partition coefficient (Wildman–Crippen LogP) is 1.86. The maximum absolute atomic E-state index is 11.2. The van der Waals surface area contributed by atoms with Crippen molar-refractivity contribution in [2.45, 2.75) is 32.0 Å². The van der Waals surface area contributed by atoms with Gasteiger partial charge in [0.1, 0.15) is 5.69 Å². The van der Waals surface area contributed by atoms with Crippen LogP contribution < -0.4 is 4.90 Å². The Bertz CT molecular complexity index is 498. The number of nitrogens with zero attached hydrogens (tertiary/aromatic N) is 2. The molecule has 1 aliphatic rings. The Morgan fingerprint density at radius 3 is 2.65 bits per heavy atom. The predicted molar refractivity (Wildman–Crippen MR) is 75.7 cm³/mol. The van der Waals surface area contributed by atoms with Crippen molar-refractivity contribution in [1.82, 2.24) is 0 Å². The van der Waals surface area contributed by atoms with Crippen LogP contribution in [-0.2, 0) is 0 Å². The molecule has 1 unspecified atom stereocenters. The van der Waals surface area contributed by atoms with E-state index in [4.69, 9.17) is 0 Å². The van der Waals surface area contributed by atoms with E-state index in [1.54, 1.807) is 19.1 Å². The lowest BCUT2D eigenvalue weighted by atomic mass is 9.82. The molecule has 20 heavy (non-hydrogen) atoms. The Morgan fingerprint density at radius 1 is 1.50 bits per heavy atom. The number of anilines is 1. The molecule has 0 aliphatic heterocycles. The molecule has 0 amide bonds. The van der Waals surface area contributed by atoms with Crippen LogP contribution in [-0.4, -0.2) is 34.8 Å². The first kappa shape index (κ1) is 14.7. The van der Waals surface area contributed by atoms with Gasteiger partial charge < -0.3 is 15.1 Å². The second-order valence-electron chi connectivity index (χ2n) is 5.55. The van der Waals surface area contributed by atoms with Gasteiger partial charge in [0.2, 0.25) is 0 Å². The van der Waals surface area contributed by atoms with E-state index in [2.05, 4.69) is 0 Å². The highest BCUT2D eigenvalue weighted by atomic mass is 16.6. The average molecular weight is 280 g/mol. The smallest absolute Gasteiger partial charge is 0.292 e. The molecule has 6 heteroatoms. The van der Waals surface area contributed by atoms with E-state index in [0.717, 1.165) is 12.8 Å². The van der Waals surface area contributed by atoms with Crippen molar-refractivity contribution >= 4 is 11.4 Å². The number of hydrogen-bond acceptors (Lipinski definition) is 5. The standard InChI is InChI=1S/C14H20N2O4/c1-9(17)11-3-4-13(14(7-11)16(19)20)15(2)8-10-5-12(18)6-10/h3-4,7,9-10,12,17-18H,5-6,8H2,1-2H3. The Labute approximate surface area is 117 Å². The van der Waals surface area contributed by atoms with E-state index in [1.807, 2.05) is 11.9 Å². The molecule has 0 aromatic heterocycles. The number of rotatable bonds is 5. The van der Waals surface area contributed by atoms with Crippen molar-refractivity contribution in [3.8, 4) is 0 Å². The molecule has 1 atom stereocenters. The molecule has 0 heterocycles. The van der Waals surface area contributed by atoms with Crippen molar-refractivity contribution in [2.75, 3.05) is 18.5 Å². The van der Waals surface area contributed by atoms with Crippen molar-refractivity contribution in [3.63, 3.8) is 0 Å². The Balaban J connectivity index is 2.19. The first-order valence-corrected chi connectivity index (χ1v) is 6.74. The van der Waals surface area contributed by atoms with Crippen LogP contribution in [0.2, 0.25) is 0 Å². The Hall–Kier alpha value is -1.66. The van der Waals surface area contributed by atoms with Crippen LogP contribution in [0.3, 0.4) is 0 Å². The molecule has 6 nitrogen and oxygen atoms in total. The molecular weight excluding hydrogens is 260 g/mol. The summed E-state index contributed by atoms with van der Waals surface area (Å²) < 4.78 is 0. The fourth-order valence-corrected chi connectivity index (χ4v) is 2.60. The number of aliphatic hydroxyl groups is 2. The fourth-order valence-electron chi connectivity index (χ4n) is 2.60. The van der Waals surface area contributed by atoms with Gasteiger partial charge in [-0.25, -0.2) is 0 Å². The third-order valence-electron chi connectivity index (χ3n) is 3.83. The molecule has 1 aromatic carbocycles. The van der Waals surface area contributed by atoms with Crippen LogP contribution in [0.4, 0.5) is 11.4 Å². The summed E-state index contributed by atoms with van der Waals surface area (Å²) in [5.74, 6) is 0.381. The molecule has 0 saturated heterocycles. The van der Waals surface area contributed by atoms with E-state index in [9.17, 15) is 20.3 Å². The van der Waals surface area contributed by atoms with Gasteiger partial charge in [-0.05, 0) is 37.3 Å². The maximum Gasteiger partial charge on any atom is 0.292 e. The van der Waals surface area contributed by atoms with Gasteiger partial charge in [-0.2, -0.15) is 0 Å². The van der Waals surface area contributed by atoms with Gasteiger partial charge in [-0.1, -0.05) is 6.07 Å². The quantitative estimate of drug-likeness (QED) is 0.635. The second kappa shape index (κ2) is 5.76. The number of nitro groups is 1. The zero-order valence-electron chi connectivity index (χ0n) is 11.7. The lowest BCUT2D eigenvalue weighted by molar-refractivity contribution is -0.384. The highest BCUT2D eigenvalue weighted by Gasteiger charge is 2.29. The van der Waals surface area contributed by atoms with Crippen molar-refractivity contribution < 1.29 is 15.1 Å². The van der Waals surface area contributed by atoms with Gasteiger partial charge in [0.05, 0.1) is 17.1 Å². The van der Waals surface area contributed by atoms with Crippen molar-refractivity contribution in [3.05, 3.63) is 33.9 Å². The summed E-state index contributed by atoms with van der Waals surface area (Å²) in [6.07, 6.45) is 0.559. The zero-order chi connectivity index (χ0) is 14.9. The van der Waals surface area contributed by atoms with Crippen LogP contribution in [0.1, 0.15) is 31.4 Å². The molecule has 1 aliphatic carbocycles. The molecular formula is C14H20N2O4. The van der Waals surface area contributed by atoms with Gasteiger partial charge in [0, 0.05) is 19.7 Å². The van der Waals surface area contributed by atoms with E-state index in [1.165, 1.54) is 6.07 Å². The maximum atomic E-state index is 11.2. The number of nitro benzene ring substituents is 1. The van der Waals surface area contributed by atoms with Gasteiger partial charge >= 0.3 is 0 Å². The minimum Gasteiger partial charge on any atom is -0.393 e. The fraction of sp³-hybridized carbons (Fsp3) is 0.571. The second-order valence-corrected chi connectivity index (χ2v) is 5.55. The molecule has 1 aromatic rings. The number of hydrogen-bond donors (Lipinski definition) is 2. The Kier molecular flexibility index (Phi) is 4.25. The van der Waals surface area contributed by atoms with Crippen molar-refractivity contribution in [1.29, 1.82) is 0 Å². The largest absolute Gasteiger partial charge is 0.393 e.